The second-order valence-corrected chi connectivity index (χ2v) is 7.03. The number of alkyl halides is 3. The van der Waals surface area contributed by atoms with Gasteiger partial charge in [0.15, 0.2) is 5.78 Å². The third-order valence-corrected chi connectivity index (χ3v) is 4.73. The molecular weight excluding hydrogens is 351 g/mol. The molecular formula is C18H18F3NO2S. The molecule has 0 aliphatic rings. The Morgan fingerprint density at radius 3 is 2.48 bits per heavy atom. The molecule has 3 nitrogen and oxygen atoms in total. The lowest BCUT2D eigenvalue weighted by molar-refractivity contribution is -0.137. The topological polar surface area (TPSA) is 46.2 Å². The molecule has 0 spiro atoms. The molecule has 1 aromatic heterocycles. The minimum atomic E-state index is -4.43. The average Bonchev–Trinajstić information content (AvgIpc) is 2.98. The molecule has 25 heavy (non-hydrogen) atoms. The van der Waals surface area contributed by atoms with Crippen LogP contribution in [-0.4, -0.2) is 11.7 Å². The van der Waals surface area contributed by atoms with Gasteiger partial charge in [-0.1, -0.05) is 12.1 Å². The molecule has 0 saturated heterocycles. The van der Waals surface area contributed by atoms with Crippen LogP contribution in [0.1, 0.15) is 51.5 Å². The standard InChI is InChI=1S/C18H18F3NO2S/c1-11-6-8-16(25-11)15(23)7-9-17(24)22-12(2)13-4-3-5-14(10-13)18(19,20)21/h3-6,8,10,12H,7,9H2,1-2H3,(H,22,24). The number of aryl methyl sites for hydroxylation is 1. The van der Waals surface area contributed by atoms with Gasteiger partial charge in [0.25, 0.3) is 0 Å². The van der Waals surface area contributed by atoms with Crippen LogP contribution in [-0.2, 0) is 11.0 Å². The highest BCUT2D eigenvalue weighted by Gasteiger charge is 2.30. The van der Waals surface area contributed by atoms with E-state index in [4.69, 9.17) is 0 Å². The Balaban J connectivity index is 1.91. The van der Waals surface area contributed by atoms with Crippen molar-refractivity contribution in [2.24, 2.45) is 0 Å². The monoisotopic (exact) mass is 369 g/mol. The van der Waals surface area contributed by atoms with Crippen LogP contribution >= 0.6 is 11.3 Å². The van der Waals surface area contributed by atoms with Gasteiger partial charge in [-0.2, -0.15) is 13.2 Å². The van der Waals surface area contributed by atoms with E-state index >= 15 is 0 Å². The van der Waals surface area contributed by atoms with Crippen LogP contribution in [0.15, 0.2) is 36.4 Å². The van der Waals surface area contributed by atoms with E-state index in [0.29, 0.717) is 10.4 Å². The normalized spacial score (nSPS) is 12.7. The summed E-state index contributed by atoms with van der Waals surface area (Å²) in [5.74, 6) is -0.480. The molecule has 1 aromatic carbocycles. The zero-order valence-electron chi connectivity index (χ0n) is 13.8. The minimum Gasteiger partial charge on any atom is -0.350 e. The quantitative estimate of drug-likeness (QED) is 0.735. The fraction of sp³-hybridized carbons (Fsp3) is 0.333. The van der Waals surface area contributed by atoms with Crippen molar-refractivity contribution >= 4 is 23.0 Å². The first-order chi connectivity index (χ1) is 11.7. The Bertz CT molecular complexity index is 768. The summed E-state index contributed by atoms with van der Waals surface area (Å²) < 4.78 is 38.2. The molecule has 0 aliphatic heterocycles. The number of hydrogen-bond donors (Lipinski definition) is 1. The number of benzene rings is 1. The van der Waals surface area contributed by atoms with Gasteiger partial charge in [0.05, 0.1) is 16.5 Å². The van der Waals surface area contributed by atoms with Crippen molar-refractivity contribution in [1.82, 2.24) is 5.32 Å². The molecule has 0 saturated carbocycles. The Hall–Kier alpha value is -2.15. The number of rotatable bonds is 6. The molecule has 1 unspecified atom stereocenters. The highest BCUT2D eigenvalue weighted by molar-refractivity contribution is 7.14. The van der Waals surface area contributed by atoms with Crippen molar-refractivity contribution in [2.75, 3.05) is 0 Å². The first kappa shape index (κ1) is 19.2. The highest BCUT2D eigenvalue weighted by atomic mass is 32.1. The molecule has 1 N–H and O–H groups in total. The lowest BCUT2D eigenvalue weighted by atomic mass is 10.0. The van der Waals surface area contributed by atoms with Gasteiger partial charge in [-0.25, -0.2) is 0 Å². The second-order valence-electron chi connectivity index (χ2n) is 5.75. The van der Waals surface area contributed by atoms with Crippen LogP contribution in [0.3, 0.4) is 0 Å². The lowest BCUT2D eigenvalue weighted by Gasteiger charge is -2.16. The van der Waals surface area contributed by atoms with E-state index in [-0.39, 0.29) is 24.5 Å². The summed E-state index contributed by atoms with van der Waals surface area (Å²) in [5, 5.41) is 2.63. The SMILES string of the molecule is Cc1ccc(C(=O)CCC(=O)NC(C)c2cccc(C(F)(F)F)c2)s1. The first-order valence-electron chi connectivity index (χ1n) is 7.73. The van der Waals surface area contributed by atoms with Gasteiger partial charge < -0.3 is 5.32 Å². The van der Waals surface area contributed by atoms with Crippen molar-refractivity contribution in [3.63, 3.8) is 0 Å². The number of ketones is 1. The maximum Gasteiger partial charge on any atom is 0.416 e. The number of hydrogen-bond acceptors (Lipinski definition) is 3. The fourth-order valence-corrected chi connectivity index (χ4v) is 3.15. The minimum absolute atomic E-state index is 0.000910. The van der Waals surface area contributed by atoms with Crippen LogP contribution in [0.5, 0.6) is 0 Å². The van der Waals surface area contributed by atoms with E-state index < -0.39 is 17.8 Å². The van der Waals surface area contributed by atoms with Gasteiger partial charge in [0, 0.05) is 17.7 Å². The molecule has 2 rings (SSSR count). The van der Waals surface area contributed by atoms with Crippen LogP contribution < -0.4 is 5.32 Å². The van der Waals surface area contributed by atoms with E-state index in [1.807, 2.05) is 13.0 Å². The summed E-state index contributed by atoms with van der Waals surface area (Å²) in [5.41, 5.74) is -0.391. The molecule has 1 amide bonds. The number of carbonyl (C=O) groups is 2. The van der Waals surface area contributed by atoms with E-state index in [1.165, 1.54) is 23.5 Å². The Morgan fingerprint density at radius 1 is 1.16 bits per heavy atom. The smallest absolute Gasteiger partial charge is 0.350 e. The van der Waals surface area contributed by atoms with Crippen LogP contribution in [0, 0.1) is 6.92 Å². The summed E-state index contributed by atoms with van der Waals surface area (Å²) in [4.78, 5) is 25.6. The van der Waals surface area contributed by atoms with Gasteiger partial charge in [-0.15, -0.1) is 11.3 Å². The zero-order valence-corrected chi connectivity index (χ0v) is 14.6. The molecule has 0 radical (unpaired) electrons. The van der Waals surface area contributed by atoms with Crippen LogP contribution in [0.25, 0.3) is 0 Å². The Kier molecular flexibility index (Phi) is 6.00. The van der Waals surface area contributed by atoms with E-state index in [9.17, 15) is 22.8 Å². The molecule has 1 heterocycles. The molecule has 0 fully saturated rings. The zero-order chi connectivity index (χ0) is 18.6. The molecule has 2 aromatic rings. The van der Waals surface area contributed by atoms with Gasteiger partial charge >= 0.3 is 6.18 Å². The van der Waals surface area contributed by atoms with Crippen LogP contribution in [0.2, 0.25) is 0 Å². The number of Topliss-reactive ketones (excluding diaryl/α,β-unsaturated/α-hetero) is 1. The maximum absolute atomic E-state index is 12.7. The largest absolute Gasteiger partial charge is 0.416 e. The van der Waals surface area contributed by atoms with Crippen molar-refractivity contribution in [2.45, 2.75) is 38.9 Å². The van der Waals surface area contributed by atoms with Crippen LogP contribution in [0.4, 0.5) is 13.2 Å². The van der Waals surface area contributed by atoms with Crippen molar-refractivity contribution in [3.8, 4) is 0 Å². The number of nitrogens with one attached hydrogen (secondary N) is 1. The van der Waals surface area contributed by atoms with Gasteiger partial charge in [0.2, 0.25) is 5.91 Å². The average molecular weight is 369 g/mol. The highest BCUT2D eigenvalue weighted by Crippen LogP contribution is 2.30. The van der Waals surface area contributed by atoms with E-state index in [0.717, 1.165) is 17.0 Å². The summed E-state index contributed by atoms with van der Waals surface area (Å²) in [6.07, 6.45) is -4.36. The van der Waals surface area contributed by atoms with Crippen molar-refractivity contribution in [3.05, 3.63) is 57.3 Å². The molecule has 0 aliphatic carbocycles. The van der Waals surface area contributed by atoms with Gasteiger partial charge in [-0.3, -0.25) is 9.59 Å². The summed E-state index contributed by atoms with van der Waals surface area (Å²) in [6, 6.07) is 7.83. The fourth-order valence-electron chi connectivity index (χ4n) is 2.32. The second kappa shape index (κ2) is 7.82. The Morgan fingerprint density at radius 2 is 1.88 bits per heavy atom. The number of amides is 1. The van der Waals surface area contributed by atoms with Crippen molar-refractivity contribution < 1.29 is 22.8 Å². The summed E-state index contributed by atoms with van der Waals surface area (Å²) in [7, 11) is 0. The van der Waals surface area contributed by atoms with Crippen molar-refractivity contribution in [1.29, 1.82) is 0 Å². The predicted octanol–water partition coefficient (Wildman–Crippen LogP) is 4.92. The number of thiophene rings is 1. The van der Waals surface area contributed by atoms with E-state index in [2.05, 4.69) is 5.32 Å². The Labute approximate surface area is 147 Å². The lowest BCUT2D eigenvalue weighted by Crippen LogP contribution is -2.27. The van der Waals surface area contributed by atoms with E-state index in [1.54, 1.807) is 13.0 Å². The van der Waals surface area contributed by atoms with Gasteiger partial charge in [0.1, 0.15) is 0 Å². The summed E-state index contributed by atoms with van der Waals surface area (Å²) >= 11 is 1.37. The summed E-state index contributed by atoms with van der Waals surface area (Å²) in [6.45, 7) is 3.50. The van der Waals surface area contributed by atoms with Gasteiger partial charge in [-0.05, 0) is 43.7 Å². The maximum atomic E-state index is 12.7. The third-order valence-electron chi connectivity index (χ3n) is 3.69. The number of halogens is 3. The molecule has 0 bridgehead atoms. The first-order valence-corrected chi connectivity index (χ1v) is 8.54. The number of carbonyl (C=O) groups excluding carboxylic acids is 2. The predicted molar refractivity (Wildman–Crippen MR) is 90.6 cm³/mol. The molecule has 134 valence electrons. The molecule has 1 atom stereocenters. The third kappa shape index (κ3) is 5.42. The molecule has 7 heteroatoms.